The van der Waals surface area contributed by atoms with E-state index in [9.17, 15) is 22.4 Å². The Kier molecular flexibility index (Phi) is 5.13. The standard InChI is InChI=1S/C18H15F4NO3/c19-15-7-12(16-13(8-15)9-25-10-26-16)5-6-23-17(24)11-1-3-14(4-2-11)18(20,21)22/h1-4,7-8H,5-6,9-10H2,(H,23,24). The zero-order chi connectivity index (χ0) is 18.7. The van der Waals surface area contributed by atoms with Crippen LogP contribution in [0.4, 0.5) is 17.6 Å². The predicted molar refractivity (Wildman–Crippen MR) is 84.2 cm³/mol. The summed E-state index contributed by atoms with van der Waals surface area (Å²) >= 11 is 0. The normalized spacial score (nSPS) is 13.7. The topological polar surface area (TPSA) is 47.6 Å². The summed E-state index contributed by atoms with van der Waals surface area (Å²) in [4.78, 5) is 12.0. The molecule has 0 fully saturated rings. The lowest BCUT2D eigenvalue weighted by atomic mass is 10.1. The molecule has 0 saturated carbocycles. The van der Waals surface area contributed by atoms with Crippen LogP contribution in [0, 0.1) is 5.82 Å². The van der Waals surface area contributed by atoms with Crippen LogP contribution in [0.3, 0.4) is 0 Å². The maximum absolute atomic E-state index is 13.6. The van der Waals surface area contributed by atoms with Gasteiger partial charge in [0.1, 0.15) is 11.6 Å². The van der Waals surface area contributed by atoms with Crippen LogP contribution in [-0.4, -0.2) is 19.2 Å². The van der Waals surface area contributed by atoms with Crippen LogP contribution in [0.25, 0.3) is 0 Å². The number of carbonyl (C=O) groups excluding carboxylic acids is 1. The highest BCUT2D eigenvalue weighted by atomic mass is 19.4. The molecule has 0 bridgehead atoms. The van der Waals surface area contributed by atoms with Gasteiger partial charge >= 0.3 is 6.18 Å². The van der Waals surface area contributed by atoms with Crippen LogP contribution in [0.15, 0.2) is 36.4 Å². The average Bonchev–Trinajstić information content (AvgIpc) is 2.60. The van der Waals surface area contributed by atoms with Crippen LogP contribution >= 0.6 is 0 Å². The van der Waals surface area contributed by atoms with E-state index < -0.39 is 23.5 Å². The second-order valence-electron chi connectivity index (χ2n) is 5.74. The van der Waals surface area contributed by atoms with Crippen molar-refractivity contribution in [2.75, 3.05) is 13.3 Å². The van der Waals surface area contributed by atoms with Gasteiger partial charge in [0, 0.05) is 17.7 Å². The first-order valence-corrected chi connectivity index (χ1v) is 7.82. The summed E-state index contributed by atoms with van der Waals surface area (Å²) in [6.07, 6.45) is -4.14. The summed E-state index contributed by atoms with van der Waals surface area (Å²) in [5.41, 5.74) is 0.486. The lowest BCUT2D eigenvalue weighted by Gasteiger charge is -2.21. The molecule has 1 N–H and O–H groups in total. The fraction of sp³-hybridized carbons (Fsp3) is 0.278. The second-order valence-corrected chi connectivity index (χ2v) is 5.74. The molecule has 26 heavy (non-hydrogen) atoms. The summed E-state index contributed by atoms with van der Waals surface area (Å²) < 4.78 is 61.7. The first kappa shape index (κ1) is 18.2. The molecule has 0 saturated heterocycles. The molecular formula is C18H15F4NO3. The lowest BCUT2D eigenvalue weighted by molar-refractivity contribution is -0.137. The third-order valence-corrected chi connectivity index (χ3v) is 3.91. The molecular weight excluding hydrogens is 354 g/mol. The number of alkyl halides is 3. The van der Waals surface area contributed by atoms with Crippen molar-refractivity contribution >= 4 is 5.91 Å². The van der Waals surface area contributed by atoms with Gasteiger partial charge in [-0.3, -0.25) is 4.79 Å². The van der Waals surface area contributed by atoms with Crippen LogP contribution in [0.2, 0.25) is 0 Å². The summed E-state index contributed by atoms with van der Waals surface area (Å²) in [6, 6.07) is 6.59. The van der Waals surface area contributed by atoms with Crippen molar-refractivity contribution in [2.24, 2.45) is 0 Å². The quantitative estimate of drug-likeness (QED) is 0.837. The van der Waals surface area contributed by atoms with Crippen molar-refractivity contribution < 1.29 is 31.8 Å². The van der Waals surface area contributed by atoms with E-state index in [4.69, 9.17) is 9.47 Å². The fourth-order valence-electron chi connectivity index (χ4n) is 2.67. The van der Waals surface area contributed by atoms with Gasteiger partial charge in [0.15, 0.2) is 6.79 Å². The molecule has 2 aromatic carbocycles. The Morgan fingerprint density at radius 1 is 1.15 bits per heavy atom. The van der Waals surface area contributed by atoms with Crippen molar-refractivity contribution in [3.8, 4) is 5.75 Å². The maximum atomic E-state index is 13.6. The van der Waals surface area contributed by atoms with Crippen LogP contribution in [0.1, 0.15) is 27.0 Å². The fourth-order valence-corrected chi connectivity index (χ4v) is 2.67. The number of amides is 1. The number of hydrogen-bond acceptors (Lipinski definition) is 3. The Morgan fingerprint density at radius 2 is 1.88 bits per heavy atom. The van der Waals surface area contributed by atoms with E-state index in [0.29, 0.717) is 23.3 Å². The molecule has 1 aliphatic rings. The van der Waals surface area contributed by atoms with Gasteiger partial charge in [0.05, 0.1) is 12.2 Å². The Balaban J connectivity index is 1.62. The number of hydrogen-bond donors (Lipinski definition) is 1. The largest absolute Gasteiger partial charge is 0.467 e. The first-order valence-electron chi connectivity index (χ1n) is 7.82. The van der Waals surface area contributed by atoms with Gasteiger partial charge in [-0.15, -0.1) is 0 Å². The molecule has 138 valence electrons. The van der Waals surface area contributed by atoms with Gasteiger partial charge in [-0.1, -0.05) is 0 Å². The molecule has 1 heterocycles. The second kappa shape index (κ2) is 7.33. The van der Waals surface area contributed by atoms with E-state index in [-0.39, 0.29) is 25.5 Å². The van der Waals surface area contributed by atoms with E-state index in [1.165, 1.54) is 12.1 Å². The number of nitrogens with one attached hydrogen (secondary N) is 1. The van der Waals surface area contributed by atoms with Gasteiger partial charge in [0.25, 0.3) is 5.91 Å². The molecule has 1 aliphatic heterocycles. The molecule has 8 heteroatoms. The SMILES string of the molecule is O=C(NCCc1cc(F)cc2c1OCOC2)c1ccc(C(F)(F)F)cc1. The molecule has 0 aliphatic carbocycles. The van der Waals surface area contributed by atoms with E-state index >= 15 is 0 Å². The van der Waals surface area contributed by atoms with Crippen LogP contribution in [0.5, 0.6) is 5.75 Å². The minimum absolute atomic E-state index is 0.0730. The van der Waals surface area contributed by atoms with Crippen LogP contribution in [-0.2, 0) is 23.9 Å². The number of rotatable bonds is 4. The van der Waals surface area contributed by atoms with Crippen molar-refractivity contribution in [1.82, 2.24) is 5.32 Å². The highest BCUT2D eigenvalue weighted by molar-refractivity contribution is 5.94. The Hall–Kier alpha value is -2.61. The number of ether oxygens (including phenoxy) is 2. The van der Waals surface area contributed by atoms with E-state index in [2.05, 4.69) is 5.32 Å². The first-order chi connectivity index (χ1) is 12.3. The molecule has 0 aromatic heterocycles. The van der Waals surface area contributed by atoms with Crippen LogP contribution < -0.4 is 10.1 Å². The van der Waals surface area contributed by atoms with E-state index in [1.54, 1.807) is 0 Å². The third kappa shape index (κ3) is 4.13. The molecule has 0 unspecified atom stereocenters. The highest BCUT2D eigenvalue weighted by Crippen LogP contribution is 2.30. The zero-order valence-corrected chi connectivity index (χ0v) is 13.5. The van der Waals surface area contributed by atoms with Gasteiger partial charge in [-0.05, 0) is 48.4 Å². The molecule has 0 spiro atoms. The predicted octanol–water partition coefficient (Wildman–Crippen LogP) is 3.68. The number of fused-ring (bicyclic) bond motifs is 1. The molecule has 3 rings (SSSR count). The minimum atomic E-state index is -4.45. The van der Waals surface area contributed by atoms with Gasteiger partial charge in [0.2, 0.25) is 0 Å². The van der Waals surface area contributed by atoms with Crippen molar-refractivity contribution in [3.05, 3.63) is 64.5 Å². The lowest BCUT2D eigenvalue weighted by Crippen LogP contribution is -2.26. The molecule has 1 amide bonds. The summed E-state index contributed by atoms with van der Waals surface area (Å²) in [7, 11) is 0. The molecule has 4 nitrogen and oxygen atoms in total. The van der Waals surface area contributed by atoms with Gasteiger partial charge < -0.3 is 14.8 Å². The molecule has 0 atom stereocenters. The van der Waals surface area contributed by atoms with Crippen molar-refractivity contribution in [2.45, 2.75) is 19.2 Å². The molecule has 0 radical (unpaired) electrons. The molecule has 2 aromatic rings. The third-order valence-electron chi connectivity index (χ3n) is 3.91. The van der Waals surface area contributed by atoms with Crippen molar-refractivity contribution in [1.29, 1.82) is 0 Å². The monoisotopic (exact) mass is 369 g/mol. The summed E-state index contributed by atoms with van der Waals surface area (Å²) in [5, 5.41) is 2.60. The number of benzene rings is 2. The Bertz CT molecular complexity index is 803. The highest BCUT2D eigenvalue weighted by Gasteiger charge is 2.30. The maximum Gasteiger partial charge on any atom is 0.416 e. The smallest absolute Gasteiger partial charge is 0.416 e. The van der Waals surface area contributed by atoms with E-state index in [1.807, 2.05) is 0 Å². The van der Waals surface area contributed by atoms with Crippen molar-refractivity contribution in [3.63, 3.8) is 0 Å². The average molecular weight is 369 g/mol. The summed E-state index contributed by atoms with van der Waals surface area (Å²) in [5.74, 6) is -0.392. The number of carbonyl (C=O) groups is 1. The Labute approximate surface area is 146 Å². The van der Waals surface area contributed by atoms with E-state index in [0.717, 1.165) is 24.3 Å². The van der Waals surface area contributed by atoms with Gasteiger partial charge in [-0.2, -0.15) is 13.2 Å². The number of halogens is 4. The Morgan fingerprint density at radius 3 is 2.58 bits per heavy atom. The zero-order valence-electron chi connectivity index (χ0n) is 13.5. The summed E-state index contributed by atoms with van der Waals surface area (Å²) in [6.45, 7) is 0.502. The van der Waals surface area contributed by atoms with Gasteiger partial charge in [-0.25, -0.2) is 4.39 Å². The minimum Gasteiger partial charge on any atom is -0.467 e.